The van der Waals surface area contributed by atoms with E-state index < -0.39 is 6.16 Å². The summed E-state index contributed by atoms with van der Waals surface area (Å²) in [5.74, 6) is 0.104. The maximum atomic E-state index is 13.3. The first kappa shape index (κ1) is 20.9. The van der Waals surface area contributed by atoms with Gasteiger partial charge in [-0.25, -0.2) is 14.2 Å². The summed E-state index contributed by atoms with van der Waals surface area (Å²) in [5, 5.41) is 2.12. The molecule has 0 unspecified atom stereocenters. The molecule has 10 heteroatoms. The second kappa shape index (κ2) is 8.69. The molecule has 1 aromatic carbocycles. The van der Waals surface area contributed by atoms with Crippen molar-refractivity contribution in [2.45, 2.75) is 26.9 Å². The fourth-order valence-corrected chi connectivity index (χ4v) is 4.46. The number of nitrogens with zero attached hydrogens (tertiary/aromatic N) is 3. The number of ether oxygens (including phenoxy) is 2. The van der Waals surface area contributed by atoms with E-state index in [9.17, 15) is 9.59 Å². The van der Waals surface area contributed by atoms with Crippen molar-refractivity contribution in [3.8, 4) is 17.0 Å². The van der Waals surface area contributed by atoms with Gasteiger partial charge < -0.3 is 14.3 Å². The molecule has 0 radical (unpaired) electrons. The molecule has 0 aliphatic carbocycles. The van der Waals surface area contributed by atoms with Crippen LogP contribution in [0.25, 0.3) is 11.1 Å². The van der Waals surface area contributed by atoms with Gasteiger partial charge in [0, 0.05) is 23.1 Å². The Balaban J connectivity index is 2.20. The van der Waals surface area contributed by atoms with Crippen molar-refractivity contribution in [2.75, 3.05) is 26.8 Å². The first-order valence-corrected chi connectivity index (χ1v) is 9.97. The largest absolute Gasteiger partial charge is 0.515 e. The average molecular weight is 475 g/mol. The molecule has 152 valence electrons. The maximum absolute atomic E-state index is 13.3. The second-order valence-corrected chi connectivity index (χ2v) is 7.49. The highest BCUT2D eigenvalue weighted by Crippen LogP contribution is 2.39. The highest BCUT2D eigenvalue weighted by Gasteiger charge is 2.30. The van der Waals surface area contributed by atoms with Crippen LogP contribution < -0.4 is 10.3 Å². The summed E-state index contributed by atoms with van der Waals surface area (Å²) >= 11 is 9.95. The van der Waals surface area contributed by atoms with Gasteiger partial charge in [-0.2, -0.15) is 5.06 Å². The Morgan fingerprint density at radius 3 is 2.46 bits per heavy atom. The number of carbonyl (C=O) groups is 1. The first-order chi connectivity index (χ1) is 13.4. The molecule has 1 aliphatic heterocycles. The summed E-state index contributed by atoms with van der Waals surface area (Å²) in [6, 6.07) is 3.62. The summed E-state index contributed by atoms with van der Waals surface area (Å²) in [6.45, 7) is 5.53. The van der Waals surface area contributed by atoms with Gasteiger partial charge in [-0.15, -0.1) is 0 Å². The van der Waals surface area contributed by atoms with E-state index in [-0.39, 0.29) is 23.6 Å². The summed E-state index contributed by atoms with van der Waals surface area (Å²) in [6.07, 6.45) is -0.878. The zero-order valence-corrected chi connectivity index (χ0v) is 18.2. The van der Waals surface area contributed by atoms with Gasteiger partial charge in [0.15, 0.2) is 0 Å². The minimum absolute atomic E-state index is 0.104. The summed E-state index contributed by atoms with van der Waals surface area (Å²) < 4.78 is 14.2. The van der Waals surface area contributed by atoms with Crippen LogP contribution in [-0.2, 0) is 22.7 Å². The molecule has 0 saturated carbocycles. The predicted molar refractivity (Wildman–Crippen MR) is 108 cm³/mol. The van der Waals surface area contributed by atoms with Crippen molar-refractivity contribution in [2.24, 2.45) is 0 Å². The normalized spacial score (nSPS) is 14.5. The van der Waals surface area contributed by atoms with E-state index in [4.69, 9.17) is 25.9 Å². The maximum Gasteiger partial charge on any atom is 0.515 e. The van der Waals surface area contributed by atoms with Crippen LogP contribution in [0.15, 0.2) is 21.4 Å². The van der Waals surface area contributed by atoms with Crippen LogP contribution in [0.4, 0.5) is 4.79 Å². The molecule has 2 aromatic rings. The third-order valence-corrected chi connectivity index (χ3v) is 5.37. The molecule has 0 fully saturated rings. The van der Waals surface area contributed by atoms with Gasteiger partial charge in [-0.1, -0.05) is 27.5 Å². The van der Waals surface area contributed by atoms with E-state index in [0.29, 0.717) is 41.2 Å². The molecule has 3 rings (SSSR count). The van der Waals surface area contributed by atoms with E-state index in [1.807, 2.05) is 13.0 Å². The molecule has 0 amide bonds. The predicted octanol–water partition coefficient (Wildman–Crippen LogP) is 3.45. The Hall–Kier alpha value is -1.81. The van der Waals surface area contributed by atoms with E-state index in [2.05, 4.69) is 15.9 Å². The van der Waals surface area contributed by atoms with Crippen LogP contribution in [-0.4, -0.2) is 47.4 Å². The summed E-state index contributed by atoms with van der Waals surface area (Å²) in [4.78, 5) is 30.6. The van der Waals surface area contributed by atoms with E-state index in [1.165, 1.54) is 4.68 Å². The number of hydrogen-bond acceptors (Lipinski definition) is 6. The number of fused-ring (bicyclic) bond motifs is 1. The van der Waals surface area contributed by atoms with Crippen molar-refractivity contribution in [3.63, 3.8) is 0 Å². The third-order valence-electron chi connectivity index (χ3n) is 4.45. The second-order valence-electron chi connectivity index (χ2n) is 6.23. The van der Waals surface area contributed by atoms with Crippen LogP contribution in [0.1, 0.15) is 12.5 Å². The molecule has 28 heavy (non-hydrogen) atoms. The molecular weight excluding hydrogens is 454 g/mol. The van der Waals surface area contributed by atoms with E-state index >= 15 is 0 Å². The quantitative estimate of drug-likeness (QED) is 0.632. The first-order valence-electron chi connectivity index (χ1n) is 8.80. The van der Waals surface area contributed by atoms with Gasteiger partial charge in [-0.05, 0) is 31.5 Å². The molecule has 0 saturated heterocycles. The Morgan fingerprint density at radius 2 is 1.86 bits per heavy atom. The number of benzene rings is 1. The minimum atomic E-state index is -0.878. The lowest BCUT2D eigenvalue weighted by atomic mass is 10.1. The van der Waals surface area contributed by atoms with Gasteiger partial charge >= 0.3 is 6.16 Å². The van der Waals surface area contributed by atoms with Crippen molar-refractivity contribution in [1.82, 2.24) is 14.4 Å². The van der Waals surface area contributed by atoms with Crippen LogP contribution in [0.5, 0.6) is 5.88 Å². The van der Waals surface area contributed by atoms with Crippen LogP contribution >= 0.6 is 27.5 Å². The van der Waals surface area contributed by atoms with Crippen molar-refractivity contribution < 1.29 is 19.1 Å². The topological polar surface area (TPSA) is 74.9 Å². The van der Waals surface area contributed by atoms with Gasteiger partial charge in [-0.3, -0.25) is 4.79 Å². The fourth-order valence-electron chi connectivity index (χ4n) is 3.20. The molecule has 8 nitrogen and oxygen atoms in total. The lowest BCUT2D eigenvalue weighted by Crippen LogP contribution is -2.27. The van der Waals surface area contributed by atoms with Crippen LogP contribution in [0.2, 0.25) is 5.02 Å². The van der Waals surface area contributed by atoms with E-state index in [0.717, 1.165) is 5.56 Å². The monoisotopic (exact) mass is 473 g/mol. The average Bonchev–Trinajstić information content (AvgIpc) is 2.78. The van der Waals surface area contributed by atoms with Crippen LogP contribution in [0, 0.1) is 6.92 Å². The molecular formula is C18H21BrClN3O5. The summed E-state index contributed by atoms with van der Waals surface area (Å²) in [5.41, 5.74) is 1.33. The van der Waals surface area contributed by atoms with Crippen molar-refractivity contribution >= 4 is 33.7 Å². The Kier molecular flexibility index (Phi) is 6.49. The number of hydrogen-bond donors (Lipinski definition) is 0. The number of carbonyl (C=O) groups excluding carboxylic acids is 1. The number of aryl methyl sites for hydroxylation is 1. The fraction of sp³-hybridized carbons (Fsp3) is 0.444. The smallest absolute Gasteiger partial charge is 0.434 e. The SMILES string of the molecule is CCOC(=O)Oc1c(-c2c(Cl)cc(C)cc2Br)c(=O)n2n1CCN(OC)CC2. The van der Waals surface area contributed by atoms with Crippen molar-refractivity contribution in [1.29, 1.82) is 0 Å². The van der Waals surface area contributed by atoms with Gasteiger partial charge in [0.1, 0.15) is 5.56 Å². The lowest BCUT2D eigenvalue weighted by molar-refractivity contribution is -0.130. The molecule has 0 atom stereocenters. The van der Waals surface area contributed by atoms with E-state index in [1.54, 1.807) is 29.8 Å². The third kappa shape index (κ3) is 3.98. The molecule has 1 aliphatic rings. The molecule has 2 heterocycles. The highest BCUT2D eigenvalue weighted by atomic mass is 79.9. The summed E-state index contributed by atoms with van der Waals surface area (Å²) in [7, 11) is 1.58. The standard InChI is InChI=1S/C18H21BrClN3O5/c1-4-27-18(25)28-17-15(14-12(19)9-11(2)10-13(14)20)16(24)22-7-5-21(26-3)6-8-23(17)22/h9-10H,4-8H2,1-3H3. The Bertz CT molecular complexity index is 932. The number of aromatic nitrogens is 2. The molecule has 0 bridgehead atoms. The zero-order chi connectivity index (χ0) is 20.4. The van der Waals surface area contributed by atoms with Gasteiger partial charge in [0.2, 0.25) is 5.88 Å². The minimum Gasteiger partial charge on any atom is -0.434 e. The Morgan fingerprint density at radius 1 is 1.18 bits per heavy atom. The van der Waals surface area contributed by atoms with Gasteiger partial charge in [0.25, 0.3) is 5.56 Å². The molecule has 0 N–H and O–H groups in total. The lowest BCUT2D eigenvalue weighted by Gasteiger charge is -2.16. The number of rotatable bonds is 4. The number of hydroxylamine groups is 2. The number of halogens is 2. The zero-order valence-electron chi connectivity index (χ0n) is 15.8. The Labute approximate surface area is 175 Å². The molecule has 0 spiro atoms. The molecule has 1 aromatic heterocycles. The van der Waals surface area contributed by atoms with Crippen molar-refractivity contribution in [3.05, 3.63) is 37.5 Å². The van der Waals surface area contributed by atoms with Crippen LogP contribution in [0.3, 0.4) is 0 Å². The highest BCUT2D eigenvalue weighted by molar-refractivity contribution is 9.10. The van der Waals surface area contributed by atoms with Gasteiger partial charge in [0.05, 0.1) is 31.8 Å².